The molecular weight excluding hydrogens is 246 g/mol. The topological polar surface area (TPSA) is 84.2 Å². The first kappa shape index (κ1) is 13.2. The molecule has 1 heterocycles. The number of benzene rings is 1. The van der Waals surface area contributed by atoms with Gasteiger partial charge in [0.05, 0.1) is 11.0 Å². The molecule has 100 valence electrons. The van der Waals surface area contributed by atoms with Gasteiger partial charge in [0.15, 0.2) is 11.8 Å². The lowest BCUT2D eigenvalue weighted by Crippen LogP contribution is -2.41. The summed E-state index contributed by atoms with van der Waals surface area (Å²) < 4.78 is 1.91. The molecule has 0 bridgehead atoms. The molecule has 0 aliphatic rings. The average Bonchev–Trinajstić information content (AvgIpc) is 2.65. The minimum Gasteiger partial charge on any atom is -0.480 e. The zero-order valence-corrected chi connectivity index (χ0v) is 11.0. The Labute approximate surface area is 110 Å². The van der Waals surface area contributed by atoms with Crippen molar-refractivity contribution in [1.29, 1.82) is 0 Å². The molecule has 2 rings (SSSR count). The number of hydrogen-bond acceptors (Lipinski definition) is 4. The number of aryl methyl sites for hydroxylation is 2. The monoisotopic (exact) mass is 261 g/mol. The summed E-state index contributed by atoms with van der Waals surface area (Å²) >= 11 is 0. The SMILES string of the molecule is CNC(C(=O)O)C(=O)c1ccc2c(c1)nc(C)n2C. The summed E-state index contributed by atoms with van der Waals surface area (Å²) in [7, 11) is 3.33. The number of rotatable bonds is 4. The van der Waals surface area contributed by atoms with Crippen LogP contribution in [0.15, 0.2) is 18.2 Å². The predicted molar refractivity (Wildman–Crippen MR) is 70.3 cm³/mol. The lowest BCUT2D eigenvalue weighted by Gasteiger charge is -2.09. The van der Waals surface area contributed by atoms with Gasteiger partial charge < -0.3 is 15.0 Å². The zero-order chi connectivity index (χ0) is 14.2. The van der Waals surface area contributed by atoms with E-state index in [1.165, 1.54) is 7.05 Å². The molecule has 0 spiro atoms. The second-order valence-electron chi connectivity index (χ2n) is 4.35. The standard InChI is InChI=1S/C13H15N3O3/c1-7-15-9-6-8(4-5-10(9)16(7)3)12(17)11(14-2)13(18)19/h4-6,11,14H,1-3H3,(H,18,19). The third-order valence-electron chi connectivity index (χ3n) is 3.19. The first-order chi connectivity index (χ1) is 8.95. The summed E-state index contributed by atoms with van der Waals surface area (Å²) in [4.78, 5) is 27.4. The molecule has 0 fully saturated rings. The Kier molecular flexibility index (Phi) is 3.35. The minimum atomic E-state index is -1.23. The molecule has 6 heteroatoms. The summed E-state index contributed by atoms with van der Waals surface area (Å²) in [6.07, 6.45) is 0. The molecule has 0 radical (unpaired) electrons. The van der Waals surface area contributed by atoms with E-state index >= 15 is 0 Å². The number of carbonyl (C=O) groups excluding carboxylic acids is 1. The predicted octanol–water partition coefficient (Wildman–Crippen LogP) is 0.737. The number of carbonyl (C=O) groups is 2. The van der Waals surface area contributed by atoms with Crippen LogP contribution in [0.4, 0.5) is 0 Å². The molecule has 6 nitrogen and oxygen atoms in total. The summed E-state index contributed by atoms with van der Waals surface area (Å²) in [6.45, 7) is 1.87. The first-order valence-electron chi connectivity index (χ1n) is 5.83. The fraction of sp³-hybridized carbons (Fsp3) is 0.308. The Morgan fingerprint density at radius 3 is 2.68 bits per heavy atom. The fourth-order valence-corrected chi connectivity index (χ4v) is 2.01. The van der Waals surface area contributed by atoms with Crippen LogP contribution in [0.25, 0.3) is 11.0 Å². The van der Waals surface area contributed by atoms with Crippen LogP contribution in [-0.2, 0) is 11.8 Å². The number of hydrogen-bond donors (Lipinski definition) is 2. The van der Waals surface area contributed by atoms with E-state index in [4.69, 9.17) is 5.11 Å². The van der Waals surface area contributed by atoms with Crippen LogP contribution >= 0.6 is 0 Å². The van der Waals surface area contributed by atoms with Crippen molar-refractivity contribution in [3.05, 3.63) is 29.6 Å². The van der Waals surface area contributed by atoms with E-state index in [9.17, 15) is 9.59 Å². The molecule has 0 aliphatic carbocycles. The van der Waals surface area contributed by atoms with Gasteiger partial charge in [-0.2, -0.15) is 0 Å². The lowest BCUT2D eigenvalue weighted by molar-refractivity contribution is -0.137. The maximum atomic E-state index is 12.1. The lowest BCUT2D eigenvalue weighted by atomic mass is 10.0. The molecule has 1 unspecified atom stereocenters. The first-order valence-corrected chi connectivity index (χ1v) is 5.83. The molecule has 0 saturated carbocycles. The molecule has 1 aromatic carbocycles. The highest BCUT2D eigenvalue weighted by Crippen LogP contribution is 2.17. The van der Waals surface area contributed by atoms with Gasteiger partial charge in [-0.1, -0.05) is 0 Å². The quantitative estimate of drug-likeness (QED) is 0.626. The number of nitrogens with one attached hydrogen (secondary N) is 1. The zero-order valence-electron chi connectivity index (χ0n) is 11.0. The number of likely N-dealkylation sites (N-methyl/N-ethyl adjacent to an activating group) is 1. The summed E-state index contributed by atoms with van der Waals surface area (Å²) in [6, 6.07) is 3.79. The maximum Gasteiger partial charge on any atom is 0.328 e. The Hall–Kier alpha value is -2.21. The molecule has 0 amide bonds. The number of ketones is 1. The fourth-order valence-electron chi connectivity index (χ4n) is 2.01. The number of imidazole rings is 1. The van der Waals surface area contributed by atoms with Gasteiger partial charge in [-0.05, 0) is 32.2 Å². The number of Topliss-reactive ketones (excluding diaryl/α,β-unsaturated/α-hetero) is 1. The largest absolute Gasteiger partial charge is 0.480 e. The van der Waals surface area contributed by atoms with Gasteiger partial charge in [-0.3, -0.25) is 9.59 Å². The Morgan fingerprint density at radius 2 is 2.11 bits per heavy atom. The van der Waals surface area contributed by atoms with Crippen molar-refractivity contribution in [2.45, 2.75) is 13.0 Å². The molecule has 1 atom stereocenters. The van der Waals surface area contributed by atoms with Crippen LogP contribution in [0, 0.1) is 6.92 Å². The number of carboxylic acid groups (broad SMARTS) is 1. The number of carboxylic acids is 1. The van der Waals surface area contributed by atoms with Gasteiger partial charge in [-0.15, -0.1) is 0 Å². The maximum absolute atomic E-state index is 12.1. The van der Waals surface area contributed by atoms with E-state index in [0.29, 0.717) is 11.1 Å². The summed E-state index contributed by atoms with van der Waals surface area (Å²) in [5.41, 5.74) is 1.93. The van der Waals surface area contributed by atoms with Gasteiger partial charge in [0.25, 0.3) is 0 Å². The minimum absolute atomic E-state index is 0.340. The van der Waals surface area contributed by atoms with Crippen LogP contribution in [0.5, 0.6) is 0 Å². The van der Waals surface area contributed by atoms with Gasteiger partial charge >= 0.3 is 5.97 Å². The third kappa shape index (κ3) is 2.22. The third-order valence-corrected chi connectivity index (χ3v) is 3.19. The molecule has 2 aromatic rings. The Morgan fingerprint density at radius 1 is 1.42 bits per heavy atom. The van der Waals surface area contributed by atoms with E-state index in [-0.39, 0.29) is 0 Å². The van der Waals surface area contributed by atoms with Crippen LogP contribution < -0.4 is 5.32 Å². The van der Waals surface area contributed by atoms with Crippen molar-refractivity contribution in [3.63, 3.8) is 0 Å². The van der Waals surface area contributed by atoms with Gasteiger partial charge in [0.1, 0.15) is 5.82 Å². The van der Waals surface area contributed by atoms with Crippen molar-refractivity contribution in [2.75, 3.05) is 7.05 Å². The summed E-state index contributed by atoms with van der Waals surface area (Å²) in [5, 5.41) is 11.5. The van der Waals surface area contributed by atoms with Crippen molar-refractivity contribution in [3.8, 4) is 0 Å². The molecule has 0 aliphatic heterocycles. The smallest absolute Gasteiger partial charge is 0.328 e. The number of aliphatic carboxylic acids is 1. The van der Waals surface area contributed by atoms with Crippen LogP contribution in [-0.4, -0.2) is 39.5 Å². The highest BCUT2D eigenvalue weighted by Gasteiger charge is 2.25. The van der Waals surface area contributed by atoms with Crippen LogP contribution in [0.2, 0.25) is 0 Å². The molecule has 0 saturated heterocycles. The van der Waals surface area contributed by atoms with E-state index in [2.05, 4.69) is 10.3 Å². The molecule has 19 heavy (non-hydrogen) atoms. The second kappa shape index (κ2) is 4.81. The molecular formula is C13H15N3O3. The van der Waals surface area contributed by atoms with Gasteiger partial charge in [0, 0.05) is 12.6 Å². The molecule has 2 N–H and O–H groups in total. The van der Waals surface area contributed by atoms with E-state index in [0.717, 1.165) is 11.3 Å². The Bertz CT molecular complexity index is 660. The van der Waals surface area contributed by atoms with Crippen molar-refractivity contribution < 1.29 is 14.7 Å². The Balaban J connectivity index is 2.46. The van der Waals surface area contributed by atoms with Gasteiger partial charge in [-0.25, -0.2) is 4.98 Å². The number of aromatic nitrogens is 2. The second-order valence-corrected chi connectivity index (χ2v) is 4.35. The van der Waals surface area contributed by atoms with Crippen molar-refractivity contribution in [2.24, 2.45) is 7.05 Å². The highest BCUT2D eigenvalue weighted by molar-refractivity contribution is 6.12. The van der Waals surface area contributed by atoms with Crippen molar-refractivity contribution >= 4 is 22.8 Å². The van der Waals surface area contributed by atoms with Crippen LogP contribution in [0.1, 0.15) is 16.2 Å². The van der Waals surface area contributed by atoms with E-state index in [1.807, 2.05) is 18.5 Å². The number of nitrogens with zero attached hydrogens (tertiary/aromatic N) is 2. The van der Waals surface area contributed by atoms with Crippen molar-refractivity contribution in [1.82, 2.24) is 14.9 Å². The van der Waals surface area contributed by atoms with E-state index < -0.39 is 17.8 Å². The molecule has 1 aromatic heterocycles. The highest BCUT2D eigenvalue weighted by atomic mass is 16.4. The van der Waals surface area contributed by atoms with Crippen LogP contribution in [0.3, 0.4) is 0 Å². The van der Waals surface area contributed by atoms with E-state index in [1.54, 1.807) is 18.2 Å². The normalized spacial score (nSPS) is 12.6. The van der Waals surface area contributed by atoms with Gasteiger partial charge in [0.2, 0.25) is 0 Å². The average molecular weight is 261 g/mol. The summed E-state index contributed by atoms with van der Waals surface area (Å²) in [5.74, 6) is -0.826. The number of fused-ring (bicyclic) bond motifs is 1.